The van der Waals surface area contributed by atoms with Gasteiger partial charge in [-0.1, -0.05) is 39.0 Å². The van der Waals surface area contributed by atoms with E-state index in [1.807, 2.05) is 48.3 Å². The fourth-order valence-electron chi connectivity index (χ4n) is 4.39. The van der Waals surface area contributed by atoms with E-state index in [2.05, 4.69) is 48.9 Å². The normalized spacial score (nSPS) is 10.7. The lowest BCUT2D eigenvalue weighted by atomic mass is 9.87. The molecule has 0 saturated carbocycles. The molecule has 4 rings (SSSR count). The lowest BCUT2D eigenvalue weighted by Gasteiger charge is -2.21. The van der Waals surface area contributed by atoms with Crippen molar-refractivity contribution in [3.63, 3.8) is 0 Å². The number of pyridine rings is 1. The number of hydrogen-bond acceptors (Lipinski definition) is 5. The molecule has 0 unspecified atom stereocenters. The van der Waals surface area contributed by atoms with Crippen LogP contribution in [0.2, 0.25) is 0 Å². The molecule has 0 amide bonds. The summed E-state index contributed by atoms with van der Waals surface area (Å²) in [4.78, 5) is 9.39. The van der Waals surface area contributed by atoms with Crippen LogP contribution in [0.1, 0.15) is 50.7 Å². The number of benzene rings is 2. The lowest BCUT2D eigenvalue weighted by molar-refractivity contribution is 0.393. The molecule has 0 N–H and O–H groups in total. The Hall–Kier alpha value is -3.32. The maximum Gasteiger partial charge on any atom is 0.140 e. The van der Waals surface area contributed by atoms with E-state index in [1.165, 1.54) is 11.1 Å². The lowest BCUT2D eigenvalue weighted by Crippen LogP contribution is -2.03. The van der Waals surface area contributed by atoms with Gasteiger partial charge in [0, 0.05) is 42.8 Å². The summed E-state index contributed by atoms with van der Waals surface area (Å²) in [6.07, 6.45) is 8.58. The highest BCUT2D eigenvalue weighted by molar-refractivity contribution is 7.94. The van der Waals surface area contributed by atoms with Gasteiger partial charge in [-0.2, -0.15) is 3.89 Å². The molecule has 2 heterocycles. The van der Waals surface area contributed by atoms with Crippen LogP contribution < -0.4 is 9.47 Å². The number of halogens is 1. The van der Waals surface area contributed by atoms with Gasteiger partial charge in [0.15, 0.2) is 0 Å². The third-order valence-corrected chi connectivity index (χ3v) is 7.03. The van der Waals surface area contributed by atoms with Gasteiger partial charge in [-0.25, -0.2) is 4.98 Å². The van der Waals surface area contributed by atoms with Crippen molar-refractivity contribution in [2.24, 2.45) is 7.05 Å². The number of rotatable bonds is 9. The molecule has 196 valence electrons. The van der Waals surface area contributed by atoms with Gasteiger partial charge in [0.2, 0.25) is 0 Å². The minimum Gasteiger partial charge on any atom is -0.497 e. The first-order chi connectivity index (χ1) is 18.0. The van der Waals surface area contributed by atoms with Crippen LogP contribution in [0.15, 0.2) is 72.0 Å². The van der Waals surface area contributed by atoms with E-state index in [0.717, 1.165) is 53.4 Å². The zero-order valence-corrected chi connectivity index (χ0v) is 23.3. The van der Waals surface area contributed by atoms with E-state index in [9.17, 15) is 3.89 Å². The summed E-state index contributed by atoms with van der Waals surface area (Å²) in [5, 5.41) is 0. The van der Waals surface area contributed by atoms with E-state index in [4.69, 9.17) is 9.47 Å². The second kappa shape index (κ2) is 13.8. The largest absolute Gasteiger partial charge is 0.497 e. The minimum absolute atomic E-state index is 0.249. The second-order valence-electron chi connectivity index (χ2n) is 8.65. The summed E-state index contributed by atoms with van der Waals surface area (Å²) in [5.41, 5.74) is 5.44. The van der Waals surface area contributed by atoms with Crippen molar-refractivity contribution in [1.82, 2.24) is 14.5 Å². The summed E-state index contributed by atoms with van der Waals surface area (Å²) in [6, 6.07) is 15.6. The Labute approximate surface area is 224 Å². The van der Waals surface area contributed by atoms with Gasteiger partial charge in [-0.15, -0.1) is 0 Å². The Bertz CT molecular complexity index is 1290. The van der Waals surface area contributed by atoms with Crippen LogP contribution in [0.4, 0.5) is 3.89 Å². The smallest absolute Gasteiger partial charge is 0.140 e. The molecule has 0 radical (unpaired) electrons. The molecule has 0 aliphatic carbocycles. The molecule has 2 aromatic carbocycles. The number of nitrogens with zero attached hydrogens (tertiary/aromatic N) is 3. The summed E-state index contributed by atoms with van der Waals surface area (Å²) in [6.45, 7) is 6.60. The average molecular weight is 522 g/mol. The van der Waals surface area contributed by atoms with Crippen LogP contribution in [-0.2, 0) is 13.5 Å². The fourth-order valence-corrected chi connectivity index (χ4v) is 4.76. The maximum atomic E-state index is 12.6. The van der Waals surface area contributed by atoms with Crippen molar-refractivity contribution in [3.8, 4) is 34.1 Å². The van der Waals surface area contributed by atoms with Gasteiger partial charge in [0.25, 0.3) is 0 Å². The number of aromatic nitrogens is 3. The molecule has 37 heavy (non-hydrogen) atoms. The van der Waals surface area contributed by atoms with Crippen LogP contribution in [0.5, 0.6) is 11.5 Å². The third-order valence-electron chi connectivity index (χ3n) is 6.51. The predicted molar refractivity (Wildman–Crippen MR) is 151 cm³/mol. The summed E-state index contributed by atoms with van der Waals surface area (Å²) < 4.78 is 25.6. The molecular weight excluding hydrogens is 485 g/mol. The van der Waals surface area contributed by atoms with E-state index < -0.39 is 0 Å². The maximum absolute atomic E-state index is 12.6. The molecule has 7 heteroatoms. The Morgan fingerprint density at radius 3 is 2.30 bits per heavy atom. The van der Waals surface area contributed by atoms with Gasteiger partial charge in [0.05, 0.1) is 37.0 Å². The van der Waals surface area contributed by atoms with Crippen LogP contribution >= 0.6 is 12.1 Å². The topological polar surface area (TPSA) is 49.2 Å². The Kier molecular flexibility index (Phi) is 10.6. The van der Waals surface area contributed by atoms with Crippen molar-refractivity contribution in [3.05, 3.63) is 78.2 Å². The summed E-state index contributed by atoms with van der Waals surface area (Å²) >= 11 is 0.249. The molecule has 0 atom stereocenters. The van der Waals surface area contributed by atoms with Gasteiger partial charge in [0.1, 0.15) is 17.3 Å². The molecule has 0 spiro atoms. The third kappa shape index (κ3) is 6.72. The van der Waals surface area contributed by atoms with E-state index in [0.29, 0.717) is 10.8 Å². The Balaban J connectivity index is 0.000000231. The molecule has 4 aromatic rings. The highest BCUT2D eigenvalue weighted by Crippen LogP contribution is 2.41. The van der Waals surface area contributed by atoms with Gasteiger partial charge in [-0.3, -0.25) is 4.98 Å². The van der Waals surface area contributed by atoms with Crippen LogP contribution in [0.3, 0.4) is 0 Å². The Morgan fingerprint density at radius 1 is 0.946 bits per heavy atom. The summed E-state index contributed by atoms with van der Waals surface area (Å²) in [7, 11) is 5.29. The number of ether oxygens (including phenoxy) is 2. The van der Waals surface area contributed by atoms with Crippen molar-refractivity contribution < 1.29 is 13.4 Å². The van der Waals surface area contributed by atoms with Crippen molar-refractivity contribution in [2.75, 3.05) is 14.2 Å². The first-order valence-electron chi connectivity index (χ1n) is 12.6. The van der Waals surface area contributed by atoms with Crippen molar-refractivity contribution in [1.29, 1.82) is 0 Å². The monoisotopic (exact) mass is 521 g/mol. The number of imidazole rings is 1. The molecular formula is C30H36FN3O2S. The quantitative estimate of drug-likeness (QED) is 0.222. The van der Waals surface area contributed by atoms with Crippen LogP contribution in [0, 0.1) is 0 Å². The highest BCUT2D eigenvalue weighted by atomic mass is 32.2. The van der Waals surface area contributed by atoms with E-state index >= 15 is 0 Å². The van der Waals surface area contributed by atoms with E-state index in [1.54, 1.807) is 26.5 Å². The zero-order chi connectivity index (χ0) is 26.8. The molecule has 5 nitrogen and oxygen atoms in total. The number of hydrogen-bond donors (Lipinski definition) is 0. The van der Waals surface area contributed by atoms with Gasteiger partial charge >= 0.3 is 0 Å². The fraction of sp³-hybridized carbons (Fsp3) is 0.333. The summed E-state index contributed by atoms with van der Waals surface area (Å²) in [5.74, 6) is 2.90. The van der Waals surface area contributed by atoms with E-state index in [-0.39, 0.29) is 12.1 Å². The molecule has 2 aromatic heterocycles. The van der Waals surface area contributed by atoms with Gasteiger partial charge < -0.3 is 14.0 Å². The SMILES string of the molecule is CCc1ccnc(-c2c(OC)cc(OC)cc2C(CC)CC)c1.Cn1ccnc1-c1ccccc1SF. The number of aryl methyl sites for hydroxylation is 2. The minimum atomic E-state index is 0.249. The molecule has 0 aliphatic heterocycles. The van der Waals surface area contributed by atoms with Gasteiger partial charge in [-0.05, 0) is 60.6 Å². The molecule has 0 saturated heterocycles. The Morgan fingerprint density at radius 2 is 1.70 bits per heavy atom. The number of methoxy groups -OCH3 is 2. The standard InChI is InChI=1S/C20H27NO2.C10H9FN2S/c1-6-14-9-10-21-18(11-14)20-17(15(7-2)8-3)12-16(22-4)13-19(20)23-5;1-13-7-6-12-10(13)8-4-2-3-5-9(8)14-11/h9-13,15H,6-8H2,1-5H3;2-7H,1H3. The molecule has 0 aliphatic rings. The van der Waals surface area contributed by atoms with Crippen molar-refractivity contribution in [2.45, 2.75) is 50.8 Å². The molecule has 0 bridgehead atoms. The van der Waals surface area contributed by atoms with Crippen molar-refractivity contribution >= 4 is 12.1 Å². The predicted octanol–water partition coefficient (Wildman–Crippen LogP) is 8.30. The highest BCUT2D eigenvalue weighted by Gasteiger charge is 2.20. The first kappa shape index (κ1) is 28.3. The average Bonchev–Trinajstić information content (AvgIpc) is 3.38. The first-order valence-corrected chi connectivity index (χ1v) is 13.3. The second-order valence-corrected chi connectivity index (χ2v) is 9.24. The van der Waals surface area contributed by atoms with Crippen LogP contribution in [-0.4, -0.2) is 28.8 Å². The zero-order valence-electron chi connectivity index (χ0n) is 22.5. The van der Waals surface area contributed by atoms with Crippen LogP contribution in [0.25, 0.3) is 22.6 Å². The molecule has 0 fully saturated rings.